The molecule has 1 heterocycles. The van der Waals surface area contributed by atoms with E-state index in [0.717, 1.165) is 37.8 Å². The van der Waals surface area contributed by atoms with Crippen molar-refractivity contribution in [1.29, 1.82) is 0 Å². The van der Waals surface area contributed by atoms with Gasteiger partial charge in [-0.15, -0.1) is 0 Å². The van der Waals surface area contributed by atoms with Gasteiger partial charge in [0.2, 0.25) is 0 Å². The van der Waals surface area contributed by atoms with Crippen molar-refractivity contribution in [1.82, 2.24) is 5.32 Å². The van der Waals surface area contributed by atoms with Gasteiger partial charge in [0, 0.05) is 25.4 Å². The molecule has 114 valence electrons. The number of ether oxygens (including phenoxy) is 2. The van der Waals surface area contributed by atoms with Gasteiger partial charge in [0.1, 0.15) is 11.9 Å². The van der Waals surface area contributed by atoms with Crippen molar-refractivity contribution in [3.63, 3.8) is 0 Å². The number of hydrogen-bond acceptors (Lipinski definition) is 3. The fraction of sp³-hybridized carbons (Fsp3) is 0.667. The average Bonchev–Trinajstić information content (AvgIpc) is 3.30. The lowest BCUT2D eigenvalue weighted by atomic mass is 9.74. The SMILES string of the molecule is c1cc(OC2CCOC3(CCC3)C2)ccc1CNC1CC1. The molecule has 21 heavy (non-hydrogen) atoms. The first-order valence-corrected chi connectivity index (χ1v) is 8.44. The van der Waals surface area contributed by atoms with Gasteiger partial charge in [0.05, 0.1) is 12.2 Å². The molecule has 1 aromatic rings. The third-order valence-corrected chi connectivity index (χ3v) is 5.11. The molecule has 0 aromatic heterocycles. The van der Waals surface area contributed by atoms with Crippen LogP contribution in [0, 0.1) is 0 Å². The summed E-state index contributed by atoms with van der Waals surface area (Å²) in [6.45, 7) is 1.83. The van der Waals surface area contributed by atoms with Gasteiger partial charge >= 0.3 is 0 Å². The molecule has 0 amide bonds. The summed E-state index contributed by atoms with van der Waals surface area (Å²) in [5, 5.41) is 3.54. The molecule has 1 spiro atoms. The summed E-state index contributed by atoms with van der Waals surface area (Å²) in [6, 6.07) is 9.37. The van der Waals surface area contributed by atoms with Crippen molar-refractivity contribution in [3.05, 3.63) is 29.8 Å². The van der Waals surface area contributed by atoms with E-state index < -0.39 is 0 Å². The Morgan fingerprint density at radius 3 is 2.62 bits per heavy atom. The Kier molecular flexibility index (Phi) is 3.64. The smallest absolute Gasteiger partial charge is 0.119 e. The molecule has 1 atom stereocenters. The maximum Gasteiger partial charge on any atom is 0.119 e. The Balaban J connectivity index is 1.31. The Hall–Kier alpha value is -1.06. The lowest BCUT2D eigenvalue weighted by Crippen LogP contribution is -2.48. The van der Waals surface area contributed by atoms with Gasteiger partial charge in [-0.25, -0.2) is 0 Å². The van der Waals surface area contributed by atoms with Crippen LogP contribution in [-0.2, 0) is 11.3 Å². The number of rotatable bonds is 5. The number of benzene rings is 1. The highest BCUT2D eigenvalue weighted by molar-refractivity contribution is 5.27. The first kappa shape index (κ1) is 13.6. The van der Waals surface area contributed by atoms with E-state index in [4.69, 9.17) is 9.47 Å². The molecule has 1 aliphatic heterocycles. The minimum atomic E-state index is 0.164. The van der Waals surface area contributed by atoms with E-state index in [1.165, 1.54) is 37.7 Å². The van der Waals surface area contributed by atoms with Gasteiger partial charge in [-0.3, -0.25) is 0 Å². The van der Waals surface area contributed by atoms with Crippen LogP contribution in [0.3, 0.4) is 0 Å². The fourth-order valence-corrected chi connectivity index (χ4v) is 3.43. The molecule has 2 saturated carbocycles. The summed E-state index contributed by atoms with van der Waals surface area (Å²) in [7, 11) is 0. The standard InChI is InChI=1S/C18H25NO2/c1-9-18(10-1)12-17(8-11-20-18)21-16-6-2-14(3-7-16)13-19-15-4-5-15/h2-3,6-7,15,17,19H,1,4-5,8-13H2. The van der Waals surface area contributed by atoms with E-state index in [0.29, 0.717) is 6.10 Å². The van der Waals surface area contributed by atoms with Gasteiger partial charge in [0.25, 0.3) is 0 Å². The zero-order valence-electron chi connectivity index (χ0n) is 12.6. The van der Waals surface area contributed by atoms with E-state index >= 15 is 0 Å². The predicted octanol–water partition coefficient (Wildman–Crippen LogP) is 3.42. The highest BCUT2D eigenvalue weighted by atomic mass is 16.5. The van der Waals surface area contributed by atoms with Crippen LogP contribution in [0.1, 0.15) is 50.5 Å². The second-order valence-corrected chi connectivity index (χ2v) is 6.92. The Morgan fingerprint density at radius 2 is 1.95 bits per heavy atom. The molecule has 3 aliphatic rings. The molecule has 3 heteroatoms. The zero-order chi connectivity index (χ0) is 14.1. The van der Waals surface area contributed by atoms with Crippen LogP contribution in [-0.4, -0.2) is 24.4 Å². The van der Waals surface area contributed by atoms with Crippen LogP contribution in [0.25, 0.3) is 0 Å². The average molecular weight is 287 g/mol. The normalized spacial score (nSPS) is 27.3. The van der Waals surface area contributed by atoms with Gasteiger partial charge in [-0.2, -0.15) is 0 Å². The maximum atomic E-state index is 6.18. The van der Waals surface area contributed by atoms with Gasteiger partial charge in [-0.1, -0.05) is 12.1 Å². The summed E-state index contributed by atoms with van der Waals surface area (Å²) < 4.78 is 12.1. The molecule has 0 bridgehead atoms. The van der Waals surface area contributed by atoms with Crippen LogP contribution < -0.4 is 10.1 Å². The summed E-state index contributed by atoms with van der Waals surface area (Å²) >= 11 is 0. The highest BCUT2D eigenvalue weighted by Gasteiger charge is 2.43. The third-order valence-electron chi connectivity index (χ3n) is 5.11. The maximum absolute atomic E-state index is 6.18. The molecule has 3 nitrogen and oxygen atoms in total. The predicted molar refractivity (Wildman–Crippen MR) is 82.5 cm³/mol. The van der Waals surface area contributed by atoms with Crippen molar-refractivity contribution in [2.75, 3.05) is 6.61 Å². The van der Waals surface area contributed by atoms with E-state index in [1.807, 2.05) is 0 Å². The molecule has 4 rings (SSSR count). The van der Waals surface area contributed by atoms with Crippen molar-refractivity contribution < 1.29 is 9.47 Å². The Bertz CT molecular complexity index is 476. The first-order chi connectivity index (χ1) is 10.3. The topological polar surface area (TPSA) is 30.5 Å². The van der Waals surface area contributed by atoms with Gasteiger partial charge in [0.15, 0.2) is 0 Å². The zero-order valence-corrected chi connectivity index (χ0v) is 12.6. The molecule has 2 aliphatic carbocycles. The lowest BCUT2D eigenvalue weighted by molar-refractivity contribution is -0.153. The molecule has 1 N–H and O–H groups in total. The van der Waals surface area contributed by atoms with Crippen molar-refractivity contribution in [2.45, 2.75) is 69.2 Å². The third kappa shape index (κ3) is 3.24. The second kappa shape index (κ2) is 5.62. The fourth-order valence-electron chi connectivity index (χ4n) is 3.43. The molecule has 1 aromatic carbocycles. The Morgan fingerprint density at radius 1 is 1.14 bits per heavy atom. The van der Waals surface area contributed by atoms with Gasteiger partial charge < -0.3 is 14.8 Å². The largest absolute Gasteiger partial charge is 0.490 e. The van der Waals surface area contributed by atoms with E-state index in [9.17, 15) is 0 Å². The van der Waals surface area contributed by atoms with E-state index in [-0.39, 0.29) is 5.60 Å². The molecule has 3 fully saturated rings. The van der Waals surface area contributed by atoms with Crippen molar-refractivity contribution in [3.8, 4) is 5.75 Å². The molecule has 1 unspecified atom stereocenters. The van der Waals surface area contributed by atoms with E-state index in [1.54, 1.807) is 0 Å². The molecular formula is C18H25NO2. The first-order valence-electron chi connectivity index (χ1n) is 8.44. The lowest BCUT2D eigenvalue weighted by Gasteiger charge is -2.46. The molecular weight excluding hydrogens is 262 g/mol. The quantitative estimate of drug-likeness (QED) is 0.900. The summed E-state index contributed by atoms with van der Waals surface area (Å²) in [4.78, 5) is 0. The van der Waals surface area contributed by atoms with Gasteiger partial charge in [-0.05, 0) is 49.8 Å². The summed E-state index contributed by atoms with van der Waals surface area (Å²) in [6.07, 6.45) is 8.85. The Labute approximate surface area is 127 Å². The minimum Gasteiger partial charge on any atom is -0.490 e. The second-order valence-electron chi connectivity index (χ2n) is 6.92. The van der Waals surface area contributed by atoms with Crippen LogP contribution >= 0.6 is 0 Å². The van der Waals surface area contributed by atoms with Crippen LogP contribution in [0.4, 0.5) is 0 Å². The van der Waals surface area contributed by atoms with Crippen LogP contribution in [0.5, 0.6) is 5.75 Å². The number of nitrogens with one attached hydrogen (secondary N) is 1. The number of hydrogen-bond donors (Lipinski definition) is 1. The minimum absolute atomic E-state index is 0.164. The van der Waals surface area contributed by atoms with Crippen molar-refractivity contribution >= 4 is 0 Å². The molecule has 0 radical (unpaired) electrons. The summed E-state index contributed by atoms with van der Waals surface area (Å²) in [5.41, 5.74) is 1.51. The highest BCUT2D eigenvalue weighted by Crippen LogP contribution is 2.43. The summed E-state index contributed by atoms with van der Waals surface area (Å²) in [5.74, 6) is 1.01. The van der Waals surface area contributed by atoms with Crippen LogP contribution in [0.15, 0.2) is 24.3 Å². The van der Waals surface area contributed by atoms with Crippen LogP contribution in [0.2, 0.25) is 0 Å². The monoisotopic (exact) mass is 287 g/mol. The molecule has 1 saturated heterocycles. The van der Waals surface area contributed by atoms with Crippen molar-refractivity contribution in [2.24, 2.45) is 0 Å². The van der Waals surface area contributed by atoms with E-state index in [2.05, 4.69) is 29.6 Å².